The Morgan fingerprint density at radius 2 is 2.21 bits per heavy atom. The van der Waals surface area contributed by atoms with Gasteiger partial charge in [-0.15, -0.1) is 0 Å². The molecular formula is C11H16F3N3O2. The molecule has 0 amide bonds. The third kappa shape index (κ3) is 6.23. The Bertz CT molecular complexity index is 418. The molecule has 0 atom stereocenters. The Labute approximate surface area is 108 Å². The molecule has 108 valence electrons. The van der Waals surface area contributed by atoms with Crippen LogP contribution in [0.2, 0.25) is 0 Å². The standard InChI is InChI=1S/C11H16F3N3O2/c1-2-3-17-6-9(4-15-17)5-16(7-10(18)19)8-11(12,13)14/h4,6H,2-3,5,7-8H2,1H3,(H,18,19). The van der Waals surface area contributed by atoms with Crippen molar-refractivity contribution in [2.24, 2.45) is 0 Å². The molecule has 8 heteroatoms. The van der Waals surface area contributed by atoms with E-state index in [9.17, 15) is 18.0 Å². The molecule has 0 saturated carbocycles. The van der Waals surface area contributed by atoms with Crippen LogP contribution >= 0.6 is 0 Å². The maximum absolute atomic E-state index is 12.3. The first kappa shape index (κ1) is 15.5. The Morgan fingerprint density at radius 1 is 1.53 bits per heavy atom. The molecule has 0 spiro atoms. The smallest absolute Gasteiger partial charge is 0.401 e. The van der Waals surface area contributed by atoms with Gasteiger partial charge in [0, 0.05) is 24.8 Å². The molecule has 1 aromatic rings. The van der Waals surface area contributed by atoms with Crippen molar-refractivity contribution < 1.29 is 23.1 Å². The van der Waals surface area contributed by atoms with E-state index < -0.39 is 25.2 Å². The van der Waals surface area contributed by atoms with E-state index in [0.29, 0.717) is 12.1 Å². The van der Waals surface area contributed by atoms with Crippen LogP contribution in [0.25, 0.3) is 0 Å². The maximum atomic E-state index is 12.3. The lowest BCUT2D eigenvalue weighted by Crippen LogP contribution is -2.37. The number of aryl methyl sites for hydroxylation is 1. The van der Waals surface area contributed by atoms with Crippen LogP contribution in [-0.4, -0.2) is 45.0 Å². The molecular weight excluding hydrogens is 263 g/mol. The van der Waals surface area contributed by atoms with Crippen molar-refractivity contribution in [1.29, 1.82) is 0 Å². The summed E-state index contributed by atoms with van der Waals surface area (Å²) < 4.78 is 38.6. The summed E-state index contributed by atoms with van der Waals surface area (Å²) in [4.78, 5) is 11.4. The molecule has 0 aliphatic heterocycles. The summed E-state index contributed by atoms with van der Waals surface area (Å²) in [5, 5.41) is 12.6. The van der Waals surface area contributed by atoms with Gasteiger partial charge in [-0.05, 0) is 6.42 Å². The summed E-state index contributed by atoms with van der Waals surface area (Å²) in [5.41, 5.74) is 0.568. The number of hydrogen-bond donors (Lipinski definition) is 1. The van der Waals surface area contributed by atoms with E-state index in [1.165, 1.54) is 6.20 Å². The van der Waals surface area contributed by atoms with Crippen LogP contribution in [0.15, 0.2) is 12.4 Å². The summed E-state index contributed by atoms with van der Waals surface area (Å²) in [7, 11) is 0. The second-order valence-corrected chi connectivity index (χ2v) is 4.27. The van der Waals surface area contributed by atoms with Crippen molar-refractivity contribution in [2.45, 2.75) is 32.6 Å². The fourth-order valence-corrected chi connectivity index (χ4v) is 1.71. The number of hydrogen-bond acceptors (Lipinski definition) is 3. The zero-order chi connectivity index (χ0) is 14.5. The van der Waals surface area contributed by atoms with E-state index in [1.54, 1.807) is 10.9 Å². The Balaban J connectivity index is 2.67. The van der Waals surface area contributed by atoms with Crippen LogP contribution in [0.1, 0.15) is 18.9 Å². The summed E-state index contributed by atoms with van der Waals surface area (Å²) in [6.07, 6.45) is -0.465. The minimum absolute atomic E-state index is 0.0878. The van der Waals surface area contributed by atoms with Gasteiger partial charge in [0.05, 0.1) is 19.3 Å². The molecule has 0 fully saturated rings. The predicted molar refractivity (Wildman–Crippen MR) is 61.5 cm³/mol. The van der Waals surface area contributed by atoms with E-state index in [0.717, 1.165) is 11.3 Å². The topological polar surface area (TPSA) is 58.4 Å². The molecule has 1 heterocycles. The average Bonchev–Trinajstić information content (AvgIpc) is 2.62. The number of carbonyl (C=O) groups is 1. The van der Waals surface area contributed by atoms with Crippen molar-refractivity contribution in [3.8, 4) is 0 Å². The SMILES string of the molecule is CCCn1cc(CN(CC(=O)O)CC(F)(F)F)cn1. The highest BCUT2D eigenvalue weighted by Gasteiger charge is 2.31. The molecule has 5 nitrogen and oxygen atoms in total. The summed E-state index contributed by atoms with van der Waals surface area (Å²) in [5.74, 6) is -1.29. The summed E-state index contributed by atoms with van der Waals surface area (Å²) in [6.45, 7) is 0.645. The molecule has 19 heavy (non-hydrogen) atoms. The molecule has 0 saturated heterocycles. The third-order valence-corrected chi connectivity index (χ3v) is 2.31. The van der Waals surface area contributed by atoms with Crippen molar-refractivity contribution >= 4 is 5.97 Å². The number of nitrogens with zero attached hydrogens (tertiary/aromatic N) is 3. The van der Waals surface area contributed by atoms with Crippen LogP contribution in [0.4, 0.5) is 13.2 Å². The molecule has 0 unspecified atom stereocenters. The minimum Gasteiger partial charge on any atom is -0.480 e. The first-order chi connectivity index (χ1) is 8.80. The van der Waals surface area contributed by atoms with Gasteiger partial charge in [0.15, 0.2) is 0 Å². The molecule has 1 rings (SSSR count). The van der Waals surface area contributed by atoms with Gasteiger partial charge in [-0.1, -0.05) is 6.92 Å². The largest absolute Gasteiger partial charge is 0.480 e. The van der Waals surface area contributed by atoms with E-state index >= 15 is 0 Å². The molecule has 0 bridgehead atoms. The average molecular weight is 279 g/mol. The molecule has 0 aliphatic rings. The van der Waals surface area contributed by atoms with Crippen LogP contribution in [0.5, 0.6) is 0 Å². The van der Waals surface area contributed by atoms with E-state index in [1.807, 2.05) is 6.92 Å². The predicted octanol–water partition coefficient (Wildman–Crippen LogP) is 1.74. The lowest BCUT2D eigenvalue weighted by atomic mass is 10.3. The van der Waals surface area contributed by atoms with Crippen LogP contribution in [0.3, 0.4) is 0 Å². The Kier molecular flexibility index (Phi) is 5.34. The lowest BCUT2D eigenvalue weighted by molar-refractivity contribution is -0.154. The van der Waals surface area contributed by atoms with E-state index in [-0.39, 0.29) is 6.54 Å². The molecule has 0 aromatic carbocycles. The van der Waals surface area contributed by atoms with Crippen LogP contribution in [0, 0.1) is 0 Å². The number of aromatic nitrogens is 2. The molecule has 1 N–H and O–H groups in total. The quantitative estimate of drug-likeness (QED) is 0.826. The first-order valence-corrected chi connectivity index (χ1v) is 5.82. The molecule has 1 aromatic heterocycles. The second kappa shape index (κ2) is 6.55. The van der Waals surface area contributed by atoms with Crippen molar-refractivity contribution in [1.82, 2.24) is 14.7 Å². The fraction of sp³-hybridized carbons (Fsp3) is 0.636. The molecule has 0 radical (unpaired) electrons. The zero-order valence-corrected chi connectivity index (χ0v) is 10.5. The van der Waals surface area contributed by atoms with E-state index in [4.69, 9.17) is 5.11 Å². The van der Waals surface area contributed by atoms with Gasteiger partial charge >= 0.3 is 12.1 Å². The molecule has 0 aliphatic carbocycles. The van der Waals surface area contributed by atoms with Gasteiger partial charge in [0.25, 0.3) is 0 Å². The highest BCUT2D eigenvalue weighted by Crippen LogP contribution is 2.17. The number of alkyl halides is 3. The third-order valence-electron chi connectivity index (χ3n) is 2.31. The number of halogens is 3. The van der Waals surface area contributed by atoms with Crippen LogP contribution < -0.4 is 0 Å². The second-order valence-electron chi connectivity index (χ2n) is 4.27. The van der Waals surface area contributed by atoms with Gasteiger partial charge in [-0.25, -0.2) is 0 Å². The first-order valence-electron chi connectivity index (χ1n) is 5.82. The summed E-state index contributed by atoms with van der Waals surface area (Å²) in [6, 6.07) is 0. The fourth-order valence-electron chi connectivity index (χ4n) is 1.71. The van der Waals surface area contributed by atoms with Crippen molar-refractivity contribution in [2.75, 3.05) is 13.1 Å². The Morgan fingerprint density at radius 3 is 2.74 bits per heavy atom. The number of carboxylic acid groups (broad SMARTS) is 1. The number of aliphatic carboxylic acids is 1. The normalized spacial score (nSPS) is 12.1. The number of rotatable bonds is 7. The minimum atomic E-state index is -4.42. The van der Waals surface area contributed by atoms with Gasteiger partial charge in [-0.2, -0.15) is 18.3 Å². The van der Waals surface area contributed by atoms with Crippen molar-refractivity contribution in [3.63, 3.8) is 0 Å². The van der Waals surface area contributed by atoms with Gasteiger partial charge in [0.1, 0.15) is 0 Å². The highest BCUT2D eigenvalue weighted by atomic mass is 19.4. The Hall–Kier alpha value is -1.57. The zero-order valence-electron chi connectivity index (χ0n) is 10.5. The van der Waals surface area contributed by atoms with Crippen molar-refractivity contribution in [3.05, 3.63) is 18.0 Å². The summed E-state index contributed by atoms with van der Waals surface area (Å²) >= 11 is 0. The lowest BCUT2D eigenvalue weighted by Gasteiger charge is -2.20. The van der Waals surface area contributed by atoms with Gasteiger partial charge in [0.2, 0.25) is 0 Å². The maximum Gasteiger partial charge on any atom is 0.401 e. The number of carboxylic acids is 1. The monoisotopic (exact) mass is 279 g/mol. The van der Waals surface area contributed by atoms with Gasteiger partial charge in [-0.3, -0.25) is 14.4 Å². The highest BCUT2D eigenvalue weighted by molar-refractivity contribution is 5.69. The van der Waals surface area contributed by atoms with E-state index in [2.05, 4.69) is 5.10 Å². The van der Waals surface area contributed by atoms with Gasteiger partial charge < -0.3 is 5.11 Å². The van der Waals surface area contributed by atoms with Crippen LogP contribution in [-0.2, 0) is 17.9 Å².